The molecule has 1 heterocycles. The minimum Gasteiger partial charge on any atom is -0.478 e. The molecule has 100 valence electrons. The second-order valence-corrected chi connectivity index (χ2v) is 5.58. The lowest BCUT2D eigenvalue weighted by Crippen LogP contribution is -2.10. The maximum absolute atomic E-state index is 11.4. The Morgan fingerprint density at radius 1 is 1.42 bits per heavy atom. The predicted octanol–water partition coefficient (Wildman–Crippen LogP) is 3.40. The highest BCUT2D eigenvalue weighted by Crippen LogP contribution is 2.37. The van der Waals surface area contributed by atoms with Crippen molar-refractivity contribution in [1.29, 1.82) is 0 Å². The Morgan fingerprint density at radius 3 is 2.84 bits per heavy atom. The maximum atomic E-state index is 11.4. The van der Waals surface area contributed by atoms with E-state index in [2.05, 4.69) is 16.5 Å². The Balaban J connectivity index is 2.23. The molecule has 3 rings (SSSR count). The van der Waals surface area contributed by atoms with Gasteiger partial charge in [-0.05, 0) is 44.2 Å². The Morgan fingerprint density at radius 2 is 2.21 bits per heavy atom. The molecule has 1 aromatic carbocycles. The second kappa shape index (κ2) is 4.37. The second-order valence-electron chi connectivity index (χ2n) is 5.58. The third-order valence-electron chi connectivity index (χ3n) is 4.15. The predicted molar refractivity (Wildman–Crippen MR) is 73.5 cm³/mol. The smallest absolute Gasteiger partial charge is 0.337 e. The molecule has 0 aliphatic heterocycles. The lowest BCUT2D eigenvalue weighted by atomic mass is 10.1. The van der Waals surface area contributed by atoms with E-state index in [-0.39, 0.29) is 0 Å². The van der Waals surface area contributed by atoms with Crippen LogP contribution in [0.1, 0.15) is 48.4 Å². The summed E-state index contributed by atoms with van der Waals surface area (Å²) in [7, 11) is 0. The normalized spacial score (nSPS) is 23.1. The van der Waals surface area contributed by atoms with Crippen molar-refractivity contribution in [3.05, 3.63) is 29.6 Å². The van der Waals surface area contributed by atoms with Crippen LogP contribution in [0, 0.1) is 12.8 Å². The zero-order valence-corrected chi connectivity index (χ0v) is 11.3. The van der Waals surface area contributed by atoms with Crippen LogP contribution >= 0.6 is 0 Å². The summed E-state index contributed by atoms with van der Waals surface area (Å²) >= 11 is 0. The van der Waals surface area contributed by atoms with Crippen molar-refractivity contribution < 1.29 is 9.90 Å². The van der Waals surface area contributed by atoms with Gasteiger partial charge < -0.3 is 9.67 Å². The first-order chi connectivity index (χ1) is 9.08. The zero-order valence-electron chi connectivity index (χ0n) is 11.3. The number of aromatic nitrogens is 2. The first-order valence-corrected chi connectivity index (χ1v) is 6.78. The van der Waals surface area contributed by atoms with Gasteiger partial charge in [-0.2, -0.15) is 0 Å². The molecular formula is C15H18N2O2. The van der Waals surface area contributed by atoms with Crippen LogP contribution in [0.25, 0.3) is 11.0 Å². The van der Waals surface area contributed by atoms with E-state index in [1.54, 1.807) is 12.1 Å². The minimum absolute atomic E-state index is 0.359. The summed E-state index contributed by atoms with van der Waals surface area (Å²) in [5.74, 6) is 0.749. The third kappa shape index (κ3) is 1.91. The number of para-hydroxylation sites is 1. The van der Waals surface area contributed by atoms with Crippen molar-refractivity contribution in [3.8, 4) is 0 Å². The minimum atomic E-state index is -0.877. The first-order valence-electron chi connectivity index (χ1n) is 6.78. The largest absolute Gasteiger partial charge is 0.478 e. The van der Waals surface area contributed by atoms with Gasteiger partial charge in [-0.15, -0.1) is 0 Å². The summed E-state index contributed by atoms with van der Waals surface area (Å²) in [6.07, 6.45) is 3.43. The highest BCUT2D eigenvalue weighted by molar-refractivity contribution is 6.01. The van der Waals surface area contributed by atoms with Crippen molar-refractivity contribution >= 4 is 17.0 Å². The van der Waals surface area contributed by atoms with Crippen LogP contribution in [0.4, 0.5) is 0 Å². The van der Waals surface area contributed by atoms with Gasteiger partial charge in [0.1, 0.15) is 5.82 Å². The Labute approximate surface area is 112 Å². The fraction of sp³-hybridized carbons (Fsp3) is 0.467. The van der Waals surface area contributed by atoms with Crippen LogP contribution < -0.4 is 0 Å². The van der Waals surface area contributed by atoms with E-state index >= 15 is 0 Å². The quantitative estimate of drug-likeness (QED) is 0.898. The highest BCUT2D eigenvalue weighted by Gasteiger charge is 2.27. The fourth-order valence-electron chi connectivity index (χ4n) is 3.30. The summed E-state index contributed by atoms with van der Waals surface area (Å²) in [4.78, 5) is 15.9. The van der Waals surface area contributed by atoms with Gasteiger partial charge in [0.05, 0.1) is 16.6 Å². The fourth-order valence-corrected chi connectivity index (χ4v) is 3.30. The highest BCUT2D eigenvalue weighted by atomic mass is 16.4. The zero-order chi connectivity index (χ0) is 13.6. The molecule has 1 aliphatic rings. The van der Waals surface area contributed by atoms with Crippen LogP contribution in [0.5, 0.6) is 0 Å². The van der Waals surface area contributed by atoms with E-state index in [1.165, 1.54) is 6.42 Å². The molecule has 0 bridgehead atoms. The van der Waals surface area contributed by atoms with Gasteiger partial charge in [-0.1, -0.05) is 13.0 Å². The molecule has 0 spiro atoms. The van der Waals surface area contributed by atoms with E-state index < -0.39 is 5.97 Å². The molecule has 19 heavy (non-hydrogen) atoms. The van der Waals surface area contributed by atoms with Crippen LogP contribution in [0.2, 0.25) is 0 Å². The number of carboxylic acid groups (broad SMARTS) is 1. The van der Waals surface area contributed by atoms with Gasteiger partial charge in [0, 0.05) is 6.04 Å². The monoisotopic (exact) mass is 258 g/mol. The van der Waals surface area contributed by atoms with E-state index in [9.17, 15) is 9.90 Å². The summed E-state index contributed by atoms with van der Waals surface area (Å²) in [6, 6.07) is 5.71. The molecule has 1 saturated carbocycles. The molecule has 4 heteroatoms. The molecule has 0 radical (unpaired) electrons. The van der Waals surface area contributed by atoms with Gasteiger partial charge in [0.25, 0.3) is 0 Å². The topological polar surface area (TPSA) is 55.1 Å². The number of rotatable bonds is 2. The lowest BCUT2D eigenvalue weighted by molar-refractivity contribution is 0.0698. The lowest BCUT2D eigenvalue weighted by Gasteiger charge is -2.16. The number of carboxylic acids is 1. The van der Waals surface area contributed by atoms with E-state index in [1.807, 2.05) is 13.0 Å². The number of hydrogen-bond acceptors (Lipinski definition) is 2. The number of hydrogen-bond donors (Lipinski definition) is 1. The average molecular weight is 258 g/mol. The number of aryl methyl sites for hydroxylation is 1. The van der Waals surface area contributed by atoms with E-state index in [0.717, 1.165) is 29.7 Å². The van der Waals surface area contributed by atoms with Crippen molar-refractivity contribution in [1.82, 2.24) is 9.55 Å². The molecule has 1 fully saturated rings. The van der Waals surface area contributed by atoms with Gasteiger partial charge >= 0.3 is 5.97 Å². The number of nitrogens with zero attached hydrogens (tertiary/aromatic N) is 2. The average Bonchev–Trinajstić information content (AvgIpc) is 2.90. The molecule has 1 aliphatic carbocycles. The summed E-state index contributed by atoms with van der Waals surface area (Å²) in [5, 5.41) is 9.37. The number of carbonyl (C=O) groups is 1. The van der Waals surface area contributed by atoms with E-state index in [0.29, 0.717) is 17.5 Å². The Bertz CT molecular complexity index is 645. The molecule has 0 amide bonds. The van der Waals surface area contributed by atoms with Crippen LogP contribution in [0.3, 0.4) is 0 Å². The first kappa shape index (κ1) is 12.2. The van der Waals surface area contributed by atoms with Crippen molar-refractivity contribution in [2.24, 2.45) is 5.92 Å². The SMILES string of the molecule is Cc1nc2cccc(C(=O)O)c2n1C1CCC(C)C1. The third-order valence-corrected chi connectivity index (χ3v) is 4.15. The van der Waals surface area contributed by atoms with Crippen LogP contribution in [-0.4, -0.2) is 20.6 Å². The Kier molecular flexibility index (Phi) is 2.81. The van der Waals surface area contributed by atoms with Crippen LogP contribution in [-0.2, 0) is 0 Å². The Hall–Kier alpha value is -1.84. The summed E-state index contributed by atoms with van der Waals surface area (Å²) in [5.41, 5.74) is 1.93. The summed E-state index contributed by atoms with van der Waals surface area (Å²) in [6.45, 7) is 4.22. The van der Waals surface area contributed by atoms with Gasteiger partial charge in [-0.3, -0.25) is 0 Å². The molecule has 2 atom stereocenters. The molecule has 2 unspecified atom stereocenters. The molecule has 4 nitrogen and oxygen atoms in total. The standard InChI is InChI=1S/C15H18N2O2/c1-9-6-7-11(8-9)17-10(2)16-13-5-3-4-12(14(13)17)15(18)19/h3-5,9,11H,6-8H2,1-2H3,(H,18,19). The van der Waals surface area contributed by atoms with Crippen molar-refractivity contribution in [2.75, 3.05) is 0 Å². The van der Waals surface area contributed by atoms with Gasteiger partial charge in [0.2, 0.25) is 0 Å². The number of aromatic carboxylic acids is 1. The number of benzene rings is 1. The molecule has 1 aromatic heterocycles. The van der Waals surface area contributed by atoms with Gasteiger partial charge in [-0.25, -0.2) is 9.78 Å². The van der Waals surface area contributed by atoms with Crippen LogP contribution in [0.15, 0.2) is 18.2 Å². The molecule has 0 saturated heterocycles. The number of fused-ring (bicyclic) bond motifs is 1. The van der Waals surface area contributed by atoms with Crippen molar-refractivity contribution in [2.45, 2.75) is 39.2 Å². The molecule has 2 aromatic rings. The molecule has 1 N–H and O–H groups in total. The van der Waals surface area contributed by atoms with Crippen molar-refractivity contribution in [3.63, 3.8) is 0 Å². The number of imidazole rings is 1. The molecular weight excluding hydrogens is 240 g/mol. The van der Waals surface area contributed by atoms with E-state index in [4.69, 9.17) is 0 Å². The van der Waals surface area contributed by atoms with Gasteiger partial charge in [0.15, 0.2) is 0 Å². The maximum Gasteiger partial charge on any atom is 0.337 e. The summed E-state index contributed by atoms with van der Waals surface area (Å²) < 4.78 is 2.14.